The molecule has 24 heavy (non-hydrogen) atoms. The molecule has 0 unspecified atom stereocenters. The number of terminal acetylenes is 1. The van der Waals surface area contributed by atoms with Crippen molar-refractivity contribution < 1.29 is 9.53 Å². The summed E-state index contributed by atoms with van der Waals surface area (Å²) >= 11 is 1.45. The van der Waals surface area contributed by atoms with Crippen LogP contribution >= 0.6 is 11.3 Å². The number of hydrogen-bond acceptors (Lipinski definition) is 3. The first-order chi connectivity index (χ1) is 11.6. The van der Waals surface area contributed by atoms with Gasteiger partial charge in [0.05, 0.1) is 29.4 Å². The number of ether oxygens (including phenoxy) is 1. The number of methoxy groups -OCH3 is 1. The lowest BCUT2D eigenvalue weighted by Gasteiger charge is -2.04. The Kier molecular flexibility index (Phi) is 4.50. The fourth-order valence-corrected chi connectivity index (χ4v) is 3.60. The van der Waals surface area contributed by atoms with E-state index in [1.807, 2.05) is 29.7 Å². The van der Waals surface area contributed by atoms with Gasteiger partial charge < -0.3 is 9.30 Å². The molecular formula is C19H16N2O2S. The van der Waals surface area contributed by atoms with Crippen molar-refractivity contribution in [1.29, 1.82) is 0 Å². The van der Waals surface area contributed by atoms with Crippen LogP contribution < -0.4 is 9.54 Å². The highest BCUT2D eigenvalue weighted by atomic mass is 32.1. The fraction of sp³-hybridized carbons (Fsp3) is 0.158. The summed E-state index contributed by atoms with van der Waals surface area (Å²) in [5.41, 5.74) is 2.57. The van der Waals surface area contributed by atoms with E-state index in [1.165, 1.54) is 18.4 Å². The van der Waals surface area contributed by atoms with E-state index in [-0.39, 0.29) is 5.91 Å². The van der Waals surface area contributed by atoms with E-state index in [0.717, 1.165) is 15.8 Å². The molecule has 3 rings (SSSR count). The number of aromatic nitrogens is 1. The van der Waals surface area contributed by atoms with Crippen molar-refractivity contribution in [3.8, 4) is 18.1 Å². The molecule has 0 aliphatic rings. The zero-order valence-electron chi connectivity index (χ0n) is 13.4. The molecule has 1 heterocycles. The molecule has 0 fully saturated rings. The predicted octanol–water partition coefficient (Wildman–Crippen LogP) is 3.39. The Hall–Kier alpha value is -2.84. The van der Waals surface area contributed by atoms with Gasteiger partial charge in [-0.2, -0.15) is 4.99 Å². The van der Waals surface area contributed by atoms with Crippen LogP contribution in [0.25, 0.3) is 10.2 Å². The largest absolute Gasteiger partial charge is 0.496 e. The number of hydrogen-bond donors (Lipinski definition) is 0. The second kappa shape index (κ2) is 6.73. The van der Waals surface area contributed by atoms with E-state index >= 15 is 0 Å². The third-order valence-electron chi connectivity index (χ3n) is 3.62. The molecule has 1 amide bonds. The van der Waals surface area contributed by atoms with Gasteiger partial charge in [-0.1, -0.05) is 35.5 Å². The Bertz CT molecular complexity index is 1020. The highest BCUT2D eigenvalue weighted by Crippen LogP contribution is 2.20. The number of fused-ring (bicyclic) bond motifs is 1. The summed E-state index contributed by atoms with van der Waals surface area (Å²) in [6.45, 7) is 2.39. The van der Waals surface area contributed by atoms with Crippen LogP contribution in [0.2, 0.25) is 0 Å². The van der Waals surface area contributed by atoms with Gasteiger partial charge in [0.2, 0.25) is 0 Å². The van der Waals surface area contributed by atoms with E-state index in [9.17, 15) is 4.79 Å². The molecule has 0 aliphatic heterocycles. The molecular weight excluding hydrogens is 320 g/mol. The molecule has 2 aromatic carbocycles. The molecule has 3 aromatic rings. The third-order valence-corrected chi connectivity index (χ3v) is 4.66. The first-order valence-electron chi connectivity index (χ1n) is 7.39. The topological polar surface area (TPSA) is 43.6 Å². The van der Waals surface area contributed by atoms with Crippen LogP contribution in [-0.4, -0.2) is 17.6 Å². The average Bonchev–Trinajstić information content (AvgIpc) is 2.91. The number of para-hydroxylation sites is 1. The first kappa shape index (κ1) is 16.0. The molecule has 4 nitrogen and oxygen atoms in total. The van der Waals surface area contributed by atoms with Crippen LogP contribution in [0.1, 0.15) is 15.9 Å². The maximum Gasteiger partial charge on any atom is 0.283 e. The van der Waals surface area contributed by atoms with Crippen molar-refractivity contribution in [2.75, 3.05) is 7.11 Å². The van der Waals surface area contributed by atoms with E-state index in [0.29, 0.717) is 22.7 Å². The number of rotatable bonds is 3. The van der Waals surface area contributed by atoms with Gasteiger partial charge in [0, 0.05) is 0 Å². The van der Waals surface area contributed by atoms with Gasteiger partial charge in [-0.25, -0.2) is 0 Å². The summed E-state index contributed by atoms with van der Waals surface area (Å²) in [6.07, 6.45) is 5.48. The number of thiazole rings is 1. The predicted molar refractivity (Wildman–Crippen MR) is 96.3 cm³/mol. The average molecular weight is 336 g/mol. The monoisotopic (exact) mass is 336 g/mol. The van der Waals surface area contributed by atoms with Crippen LogP contribution in [0.15, 0.2) is 47.5 Å². The van der Waals surface area contributed by atoms with Gasteiger partial charge in [0.1, 0.15) is 5.75 Å². The molecule has 0 spiro atoms. The number of aryl methyl sites for hydroxylation is 1. The summed E-state index contributed by atoms with van der Waals surface area (Å²) in [7, 11) is 1.53. The zero-order chi connectivity index (χ0) is 17.1. The van der Waals surface area contributed by atoms with E-state index < -0.39 is 0 Å². The maximum absolute atomic E-state index is 12.6. The number of amides is 1. The molecule has 0 N–H and O–H groups in total. The molecule has 0 saturated carbocycles. The van der Waals surface area contributed by atoms with E-state index in [4.69, 9.17) is 11.2 Å². The Morgan fingerprint density at radius 1 is 1.33 bits per heavy atom. The first-order valence-corrected chi connectivity index (χ1v) is 8.21. The summed E-state index contributed by atoms with van der Waals surface area (Å²) in [6, 6.07) is 13.1. The van der Waals surface area contributed by atoms with Crippen molar-refractivity contribution in [1.82, 2.24) is 4.57 Å². The maximum atomic E-state index is 12.6. The van der Waals surface area contributed by atoms with Crippen LogP contribution in [0.4, 0.5) is 0 Å². The van der Waals surface area contributed by atoms with Gasteiger partial charge in [-0.15, -0.1) is 6.42 Å². The SMILES string of the molecule is C#CCn1c(=NC(=O)c2ccccc2OC)sc2cc(C)ccc21. The molecule has 5 heteroatoms. The summed E-state index contributed by atoms with van der Waals surface area (Å²) in [4.78, 5) is 17.5. The van der Waals surface area contributed by atoms with Gasteiger partial charge >= 0.3 is 0 Å². The number of carbonyl (C=O) groups excluding carboxylic acids is 1. The molecule has 120 valence electrons. The lowest BCUT2D eigenvalue weighted by molar-refractivity contribution is 0.0995. The third kappa shape index (κ3) is 2.97. The fourth-order valence-electron chi connectivity index (χ4n) is 2.48. The van der Waals surface area contributed by atoms with E-state index in [1.54, 1.807) is 18.2 Å². The smallest absolute Gasteiger partial charge is 0.283 e. The Labute approximate surface area is 144 Å². The van der Waals surface area contributed by atoms with Crippen LogP contribution in [0, 0.1) is 19.3 Å². The summed E-state index contributed by atoms with van der Waals surface area (Å²) in [5, 5.41) is 0. The lowest BCUT2D eigenvalue weighted by Crippen LogP contribution is -2.16. The quantitative estimate of drug-likeness (QED) is 0.688. The van der Waals surface area contributed by atoms with Gasteiger partial charge in [-0.05, 0) is 36.8 Å². The van der Waals surface area contributed by atoms with Gasteiger partial charge in [0.15, 0.2) is 4.80 Å². The van der Waals surface area contributed by atoms with Crippen LogP contribution in [0.5, 0.6) is 5.75 Å². The lowest BCUT2D eigenvalue weighted by atomic mass is 10.2. The second-order valence-electron chi connectivity index (χ2n) is 5.26. The molecule has 0 saturated heterocycles. The van der Waals surface area contributed by atoms with E-state index in [2.05, 4.69) is 17.0 Å². The minimum absolute atomic E-state index is 0.346. The van der Waals surface area contributed by atoms with Crippen molar-refractivity contribution in [2.45, 2.75) is 13.5 Å². The molecule has 0 aliphatic carbocycles. The number of carbonyl (C=O) groups is 1. The molecule has 0 radical (unpaired) electrons. The highest BCUT2D eigenvalue weighted by Gasteiger charge is 2.12. The Morgan fingerprint density at radius 2 is 2.12 bits per heavy atom. The highest BCUT2D eigenvalue weighted by molar-refractivity contribution is 7.16. The van der Waals surface area contributed by atoms with Crippen molar-refractivity contribution in [3.63, 3.8) is 0 Å². The number of benzene rings is 2. The van der Waals surface area contributed by atoms with Crippen molar-refractivity contribution >= 4 is 27.5 Å². The zero-order valence-corrected chi connectivity index (χ0v) is 14.3. The minimum Gasteiger partial charge on any atom is -0.496 e. The van der Waals surface area contributed by atoms with Crippen molar-refractivity contribution in [3.05, 3.63) is 58.4 Å². The molecule has 0 bridgehead atoms. The van der Waals surface area contributed by atoms with Crippen molar-refractivity contribution in [2.24, 2.45) is 4.99 Å². The Morgan fingerprint density at radius 3 is 2.88 bits per heavy atom. The minimum atomic E-state index is -0.346. The normalized spacial score (nSPS) is 11.5. The van der Waals surface area contributed by atoms with Crippen LogP contribution in [-0.2, 0) is 6.54 Å². The Balaban J connectivity index is 2.17. The van der Waals surface area contributed by atoms with Gasteiger partial charge in [-0.3, -0.25) is 4.79 Å². The van der Waals surface area contributed by atoms with Gasteiger partial charge in [0.25, 0.3) is 5.91 Å². The molecule has 0 atom stereocenters. The summed E-state index contributed by atoms with van der Waals surface area (Å²) < 4.78 is 8.17. The standard InChI is InChI=1S/C19H16N2O2S/c1-4-11-21-15-10-9-13(2)12-17(15)24-19(21)20-18(22)14-7-5-6-8-16(14)23-3/h1,5-10,12H,11H2,2-3H3. The second-order valence-corrected chi connectivity index (χ2v) is 6.27. The summed E-state index contributed by atoms with van der Waals surface area (Å²) in [5.74, 6) is 2.79. The molecule has 1 aromatic heterocycles. The van der Waals surface area contributed by atoms with Crippen LogP contribution in [0.3, 0.4) is 0 Å². The number of nitrogens with zero attached hydrogens (tertiary/aromatic N) is 2.